The molecule has 1 heterocycles. The summed E-state index contributed by atoms with van der Waals surface area (Å²) in [5.74, 6) is -0.108. The van der Waals surface area contributed by atoms with Crippen molar-refractivity contribution in [3.8, 4) is 0 Å². The van der Waals surface area contributed by atoms with Crippen LogP contribution in [-0.2, 0) is 4.79 Å². The number of amides is 1. The van der Waals surface area contributed by atoms with E-state index in [1.807, 2.05) is 0 Å². The lowest BCUT2D eigenvalue weighted by Gasteiger charge is -2.17. The summed E-state index contributed by atoms with van der Waals surface area (Å²) in [5, 5.41) is 34.0. The van der Waals surface area contributed by atoms with Gasteiger partial charge in [-0.3, -0.25) is 4.79 Å². The highest BCUT2D eigenvalue weighted by Crippen LogP contribution is 2.18. The van der Waals surface area contributed by atoms with Crippen LogP contribution in [0.5, 0.6) is 0 Å². The van der Waals surface area contributed by atoms with Gasteiger partial charge in [0.25, 0.3) is 0 Å². The van der Waals surface area contributed by atoms with Crippen LogP contribution >= 0.6 is 11.8 Å². The van der Waals surface area contributed by atoms with Crippen LogP contribution < -0.4 is 10.6 Å². The SMILES string of the molecule is CN/C(=N\O)c1nonc1SCC(=O)NCC(C)(C)O. The fourth-order valence-corrected chi connectivity index (χ4v) is 1.86. The topological polar surface area (TPSA) is 133 Å². The molecule has 9 nitrogen and oxygen atoms in total. The first-order valence-corrected chi connectivity index (χ1v) is 6.70. The second kappa shape index (κ2) is 7.10. The van der Waals surface area contributed by atoms with Gasteiger partial charge in [0.2, 0.25) is 5.91 Å². The lowest BCUT2D eigenvalue weighted by molar-refractivity contribution is -0.119. The molecule has 4 N–H and O–H groups in total. The second-order valence-corrected chi connectivity index (χ2v) is 5.46. The zero-order valence-corrected chi connectivity index (χ0v) is 12.2. The highest BCUT2D eigenvalue weighted by atomic mass is 32.2. The van der Waals surface area contributed by atoms with Crippen LogP contribution in [0.1, 0.15) is 19.5 Å². The van der Waals surface area contributed by atoms with Crippen LogP contribution in [0.3, 0.4) is 0 Å². The first-order chi connectivity index (χ1) is 9.37. The molecule has 0 unspecified atom stereocenters. The highest BCUT2D eigenvalue weighted by molar-refractivity contribution is 8.00. The standard InChI is InChI=1S/C10H17N5O4S/c1-10(2,17)5-12-6(16)4-20-9-7(14-19-15-9)8(11-3)13-18/h17-18H,4-5H2,1-3H3,(H,11,13)(H,12,16). The van der Waals surface area contributed by atoms with Crippen LogP contribution in [0, 0.1) is 0 Å². The van der Waals surface area contributed by atoms with Crippen molar-refractivity contribution < 1.29 is 19.7 Å². The number of nitrogens with one attached hydrogen (secondary N) is 2. The number of hydrogen-bond acceptors (Lipinski definition) is 8. The monoisotopic (exact) mass is 303 g/mol. The molecule has 1 amide bonds. The molecule has 0 spiro atoms. The Morgan fingerprint density at radius 1 is 1.50 bits per heavy atom. The maximum absolute atomic E-state index is 11.6. The molecule has 0 bridgehead atoms. The first-order valence-electron chi connectivity index (χ1n) is 5.72. The molecule has 0 aliphatic rings. The Kier molecular flexibility index (Phi) is 5.77. The third kappa shape index (κ3) is 5.05. The molecule has 0 aliphatic heterocycles. The van der Waals surface area contributed by atoms with Crippen molar-refractivity contribution in [3.05, 3.63) is 5.69 Å². The van der Waals surface area contributed by atoms with E-state index in [2.05, 4.69) is 30.7 Å². The summed E-state index contributed by atoms with van der Waals surface area (Å²) < 4.78 is 4.55. The summed E-state index contributed by atoms with van der Waals surface area (Å²) in [7, 11) is 1.55. The largest absolute Gasteiger partial charge is 0.409 e. The molecular formula is C10H17N5O4S. The van der Waals surface area contributed by atoms with E-state index in [1.54, 1.807) is 20.9 Å². The molecule has 0 atom stereocenters. The maximum Gasteiger partial charge on any atom is 0.230 e. The van der Waals surface area contributed by atoms with Gasteiger partial charge in [-0.1, -0.05) is 16.9 Å². The number of oxime groups is 1. The van der Waals surface area contributed by atoms with Crippen LogP contribution in [-0.4, -0.2) is 57.3 Å². The van der Waals surface area contributed by atoms with E-state index in [0.29, 0.717) is 5.03 Å². The van der Waals surface area contributed by atoms with Crippen molar-refractivity contribution in [2.24, 2.45) is 5.16 Å². The Hall–Kier alpha value is -1.81. The number of hydrogen-bond donors (Lipinski definition) is 4. The smallest absolute Gasteiger partial charge is 0.230 e. The molecule has 1 rings (SSSR count). The first kappa shape index (κ1) is 16.2. The number of nitrogens with zero attached hydrogens (tertiary/aromatic N) is 3. The van der Waals surface area contributed by atoms with Gasteiger partial charge in [-0.05, 0) is 24.2 Å². The van der Waals surface area contributed by atoms with Crippen molar-refractivity contribution in [1.29, 1.82) is 0 Å². The second-order valence-electron chi connectivity index (χ2n) is 4.49. The van der Waals surface area contributed by atoms with Gasteiger partial charge in [0.1, 0.15) is 0 Å². The molecule has 0 radical (unpaired) electrons. The van der Waals surface area contributed by atoms with E-state index in [4.69, 9.17) is 5.21 Å². The van der Waals surface area contributed by atoms with E-state index in [0.717, 1.165) is 11.8 Å². The lowest BCUT2D eigenvalue weighted by atomic mass is 10.1. The summed E-state index contributed by atoms with van der Waals surface area (Å²) >= 11 is 1.08. The molecule has 0 fully saturated rings. The van der Waals surface area contributed by atoms with Gasteiger partial charge in [0.05, 0.1) is 11.4 Å². The minimum atomic E-state index is -0.968. The van der Waals surface area contributed by atoms with E-state index in [9.17, 15) is 9.90 Å². The van der Waals surface area contributed by atoms with Gasteiger partial charge in [-0.15, -0.1) is 0 Å². The minimum absolute atomic E-state index is 0.0692. The third-order valence-corrected chi connectivity index (χ3v) is 3.03. The van der Waals surface area contributed by atoms with E-state index < -0.39 is 5.60 Å². The van der Waals surface area contributed by atoms with Gasteiger partial charge in [-0.25, -0.2) is 4.63 Å². The number of rotatable bonds is 6. The van der Waals surface area contributed by atoms with E-state index in [1.165, 1.54) is 0 Å². The van der Waals surface area contributed by atoms with Gasteiger partial charge >= 0.3 is 0 Å². The van der Waals surface area contributed by atoms with Crippen LogP contribution in [0.15, 0.2) is 14.8 Å². The molecule has 112 valence electrons. The Balaban J connectivity index is 2.55. The van der Waals surface area contributed by atoms with Gasteiger partial charge in [0, 0.05) is 13.6 Å². The normalized spacial score (nSPS) is 12.3. The summed E-state index contributed by atoms with van der Waals surface area (Å²) in [4.78, 5) is 11.6. The third-order valence-electron chi connectivity index (χ3n) is 2.08. The summed E-state index contributed by atoms with van der Waals surface area (Å²) in [6.07, 6.45) is 0. The number of aliphatic hydroxyl groups is 1. The number of amidine groups is 1. The van der Waals surface area contributed by atoms with Crippen LogP contribution in [0.25, 0.3) is 0 Å². The maximum atomic E-state index is 11.6. The van der Waals surface area contributed by atoms with Crippen molar-refractivity contribution in [2.45, 2.75) is 24.5 Å². The Bertz CT molecular complexity index is 482. The molecule has 1 aromatic rings. The summed E-state index contributed by atoms with van der Waals surface area (Å²) in [6, 6.07) is 0. The van der Waals surface area contributed by atoms with Crippen molar-refractivity contribution in [3.63, 3.8) is 0 Å². The van der Waals surface area contributed by atoms with Crippen molar-refractivity contribution in [2.75, 3.05) is 19.3 Å². The zero-order valence-electron chi connectivity index (χ0n) is 11.4. The van der Waals surface area contributed by atoms with E-state index in [-0.39, 0.29) is 29.7 Å². The fraction of sp³-hybridized carbons (Fsp3) is 0.600. The quantitative estimate of drug-likeness (QED) is 0.180. The van der Waals surface area contributed by atoms with Crippen molar-refractivity contribution >= 4 is 23.5 Å². The molecular weight excluding hydrogens is 286 g/mol. The molecule has 10 heteroatoms. The molecule has 0 saturated heterocycles. The molecule has 0 saturated carbocycles. The Morgan fingerprint density at radius 3 is 2.75 bits per heavy atom. The number of thioether (sulfide) groups is 1. The predicted octanol–water partition coefficient (Wildman–Crippen LogP) is -0.596. The lowest BCUT2D eigenvalue weighted by Crippen LogP contribution is -2.38. The predicted molar refractivity (Wildman–Crippen MR) is 71.7 cm³/mol. The molecule has 1 aromatic heterocycles. The Morgan fingerprint density at radius 2 is 2.20 bits per heavy atom. The zero-order chi connectivity index (χ0) is 15.2. The number of carbonyl (C=O) groups excluding carboxylic acids is 1. The Labute approximate surface area is 119 Å². The molecule has 0 aromatic carbocycles. The molecule has 0 aliphatic carbocycles. The van der Waals surface area contributed by atoms with Crippen LogP contribution in [0.4, 0.5) is 0 Å². The fourth-order valence-electron chi connectivity index (χ4n) is 1.14. The van der Waals surface area contributed by atoms with Gasteiger partial charge in [-0.2, -0.15) is 0 Å². The van der Waals surface area contributed by atoms with E-state index >= 15 is 0 Å². The van der Waals surface area contributed by atoms with Gasteiger partial charge in [0.15, 0.2) is 16.6 Å². The summed E-state index contributed by atoms with van der Waals surface area (Å²) in [5.41, 5.74) is -0.751. The average molecular weight is 303 g/mol. The van der Waals surface area contributed by atoms with Crippen molar-refractivity contribution in [1.82, 2.24) is 20.9 Å². The van der Waals surface area contributed by atoms with Crippen LogP contribution in [0.2, 0.25) is 0 Å². The number of carbonyl (C=O) groups is 1. The average Bonchev–Trinajstić information content (AvgIpc) is 2.83. The molecule has 20 heavy (non-hydrogen) atoms. The van der Waals surface area contributed by atoms with Gasteiger partial charge < -0.3 is 20.9 Å². The number of aromatic nitrogens is 2. The minimum Gasteiger partial charge on any atom is -0.409 e. The summed E-state index contributed by atoms with van der Waals surface area (Å²) in [6.45, 7) is 3.34. The highest BCUT2D eigenvalue weighted by Gasteiger charge is 2.19.